The zero-order valence-electron chi connectivity index (χ0n) is 6.49. The average molecular weight is 182 g/mol. The summed E-state index contributed by atoms with van der Waals surface area (Å²) < 4.78 is 0. The molecule has 12 heavy (non-hydrogen) atoms. The minimum atomic E-state index is 0.568. The average Bonchev–Trinajstić information content (AvgIpc) is 2.15. The van der Waals surface area contributed by atoms with E-state index in [0.29, 0.717) is 13.0 Å². The van der Waals surface area contributed by atoms with Gasteiger partial charge in [-0.3, -0.25) is 9.93 Å². The summed E-state index contributed by atoms with van der Waals surface area (Å²) in [7, 11) is 0. The number of nitrogens with two attached hydrogens (primary N) is 1. The van der Waals surface area contributed by atoms with Crippen LogP contribution in [-0.2, 0) is 11.3 Å². The fourth-order valence-electron chi connectivity index (χ4n) is 0.845. The quantitative estimate of drug-likeness (QED) is 0.537. The fourth-order valence-corrected chi connectivity index (χ4v) is 1.14. The molecule has 0 saturated carbocycles. The van der Waals surface area contributed by atoms with Gasteiger partial charge in [-0.1, -0.05) is 12.1 Å². The van der Waals surface area contributed by atoms with Crippen molar-refractivity contribution < 1.29 is 4.79 Å². The fraction of sp³-hybridized carbons (Fsp3) is 0.125. The molecule has 0 bridgehead atoms. The number of carbonyl (C=O) groups is 1. The third-order valence-electron chi connectivity index (χ3n) is 1.45. The van der Waals surface area contributed by atoms with Gasteiger partial charge in [0.15, 0.2) is 0 Å². The maximum Gasteiger partial charge on any atom is 0.207 e. The van der Waals surface area contributed by atoms with Crippen LogP contribution in [0.5, 0.6) is 0 Å². The number of hydrogen-bond donors (Lipinski definition) is 2. The van der Waals surface area contributed by atoms with Gasteiger partial charge in [0.25, 0.3) is 0 Å². The molecule has 3 N–H and O–H groups in total. The molecule has 4 heteroatoms. The van der Waals surface area contributed by atoms with Gasteiger partial charge in [-0.25, -0.2) is 0 Å². The minimum Gasteiger partial charge on any atom is -0.355 e. The number of rotatable bonds is 4. The largest absolute Gasteiger partial charge is 0.355 e. The molecule has 0 aliphatic carbocycles. The van der Waals surface area contributed by atoms with Gasteiger partial charge in [0, 0.05) is 11.4 Å². The summed E-state index contributed by atoms with van der Waals surface area (Å²) in [6.07, 6.45) is 0.686. The second kappa shape index (κ2) is 4.79. The van der Waals surface area contributed by atoms with E-state index in [-0.39, 0.29) is 0 Å². The van der Waals surface area contributed by atoms with E-state index in [9.17, 15) is 4.79 Å². The molecular weight excluding hydrogens is 172 g/mol. The van der Waals surface area contributed by atoms with Gasteiger partial charge in [-0.15, -0.1) is 0 Å². The normalized spacial score (nSPS) is 9.42. The lowest BCUT2D eigenvalue weighted by Crippen LogP contribution is -2.09. The zero-order valence-corrected chi connectivity index (χ0v) is 7.30. The van der Waals surface area contributed by atoms with Crippen LogP contribution in [0.2, 0.25) is 0 Å². The molecule has 0 unspecified atom stereocenters. The maximum absolute atomic E-state index is 9.97. The molecule has 0 heterocycles. The van der Waals surface area contributed by atoms with Gasteiger partial charge in [0.1, 0.15) is 0 Å². The van der Waals surface area contributed by atoms with Crippen LogP contribution in [0, 0.1) is 0 Å². The molecule has 64 valence electrons. The molecule has 0 aliphatic heterocycles. The number of amides is 1. The lowest BCUT2D eigenvalue weighted by Gasteiger charge is -2.00. The Bertz CT molecular complexity index is 248. The van der Waals surface area contributed by atoms with Crippen molar-refractivity contribution in [3.05, 3.63) is 29.8 Å². The van der Waals surface area contributed by atoms with E-state index in [4.69, 9.17) is 5.14 Å². The van der Waals surface area contributed by atoms with E-state index in [2.05, 4.69) is 5.32 Å². The van der Waals surface area contributed by atoms with Crippen LogP contribution in [0.4, 0.5) is 0 Å². The number of benzene rings is 1. The SMILES string of the molecule is NSc1ccc(CNC=O)cc1. The number of carbonyl (C=O) groups excluding carboxylic acids is 1. The van der Waals surface area contributed by atoms with Crippen LogP contribution in [-0.4, -0.2) is 6.41 Å². The third-order valence-corrected chi connectivity index (χ3v) is 1.99. The van der Waals surface area contributed by atoms with Gasteiger partial charge >= 0.3 is 0 Å². The van der Waals surface area contributed by atoms with E-state index in [1.165, 1.54) is 11.9 Å². The summed E-state index contributed by atoms with van der Waals surface area (Å²) in [5, 5.41) is 7.93. The molecule has 1 aromatic rings. The Morgan fingerprint density at radius 2 is 2.08 bits per heavy atom. The molecular formula is C8H10N2OS. The van der Waals surface area contributed by atoms with Crippen LogP contribution in [0.1, 0.15) is 5.56 Å². The van der Waals surface area contributed by atoms with E-state index in [0.717, 1.165) is 10.5 Å². The minimum absolute atomic E-state index is 0.568. The summed E-state index contributed by atoms with van der Waals surface area (Å²) in [6, 6.07) is 7.72. The van der Waals surface area contributed by atoms with Crippen molar-refractivity contribution >= 4 is 18.4 Å². The first-order chi connectivity index (χ1) is 5.86. The Balaban J connectivity index is 2.58. The van der Waals surface area contributed by atoms with Crippen LogP contribution in [0.3, 0.4) is 0 Å². The van der Waals surface area contributed by atoms with Gasteiger partial charge in [-0.05, 0) is 29.6 Å². The van der Waals surface area contributed by atoms with Crippen LogP contribution in [0.15, 0.2) is 29.2 Å². The lowest BCUT2D eigenvalue weighted by atomic mass is 10.2. The van der Waals surface area contributed by atoms with Crippen molar-refractivity contribution in [1.29, 1.82) is 0 Å². The predicted octanol–water partition coefficient (Wildman–Crippen LogP) is 0.898. The van der Waals surface area contributed by atoms with E-state index in [1.54, 1.807) is 0 Å². The topological polar surface area (TPSA) is 55.1 Å². The Morgan fingerprint density at radius 3 is 2.58 bits per heavy atom. The monoisotopic (exact) mass is 182 g/mol. The van der Waals surface area contributed by atoms with Crippen LogP contribution >= 0.6 is 11.9 Å². The molecule has 0 atom stereocenters. The Kier molecular flexibility index (Phi) is 3.63. The molecule has 1 rings (SSSR count). The molecule has 3 nitrogen and oxygen atoms in total. The van der Waals surface area contributed by atoms with Crippen molar-refractivity contribution in [1.82, 2.24) is 5.32 Å². The predicted molar refractivity (Wildman–Crippen MR) is 49.4 cm³/mol. The van der Waals surface area contributed by atoms with Crippen molar-refractivity contribution in [2.45, 2.75) is 11.4 Å². The van der Waals surface area contributed by atoms with Crippen molar-refractivity contribution in [2.75, 3.05) is 0 Å². The second-order valence-electron chi connectivity index (χ2n) is 2.26. The Hall–Kier alpha value is -1.00. The second-order valence-corrected chi connectivity index (χ2v) is 2.97. The molecule has 0 saturated heterocycles. The first-order valence-electron chi connectivity index (χ1n) is 3.49. The van der Waals surface area contributed by atoms with E-state index in [1.807, 2.05) is 24.3 Å². The Labute approximate surface area is 75.5 Å². The first kappa shape index (κ1) is 9.09. The van der Waals surface area contributed by atoms with Crippen molar-refractivity contribution in [2.24, 2.45) is 5.14 Å². The van der Waals surface area contributed by atoms with Gasteiger partial charge < -0.3 is 5.32 Å². The summed E-state index contributed by atoms with van der Waals surface area (Å²) in [4.78, 5) is 11.0. The standard InChI is InChI=1S/C8H10N2OS/c9-12-8-3-1-7(2-4-8)5-10-6-11/h1-4,6H,5,9H2,(H,10,11). The zero-order chi connectivity index (χ0) is 8.81. The third kappa shape index (κ3) is 2.56. The highest BCUT2D eigenvalue weighted by Crippen LogP contribution is 2.11. The summed E-state index contributed by atoms with van der Waals surface area (Å²) in [6.45, 7) is 0.568. The highest BCUT2D eigenvalue weighted by Gasteiger charge is 1.91. The first-order valence-corrected chi connectivity index (χ1v) is 4.37. The Morgan fingerprint density at radius 1 is 1.42 bits per heavy atom. The number of hydrogen-bond acceptors (Lipinski definition) is 3. The highest BCUT2D eigenvalue weighted by atomic mass is 32.2. The smallest absolute Gasteiger partial charge is 0.207 e. The van der Waals surface area contributed by atoms with Gasteiger partial charge in [-0.2, -0.15) is 0 Å². The molecule has 1 amide bonds. The summed E-state index contributed by atoms with van der Waals surface area (Å²) >= 11 is 1.21. The summed E-state index contributed by atoms with van der Waals surface area (Å²) in [5.41, 5.74) is 1.07. The van der Waals surface area contributed by atoms with Crippen LogP contribution < -0.4 is 10.5 Å². The molecule has 0 aliphatic rings. The highest BCUT2D eigenvalue weighted by molar-refractivity contribution is 7.97. The lowest BCUT2D eigenvalue weighted by molar-refractivity contribution is -0.109. The molecule has 0 fully saturated rings. The van der Waals surface area contributed by atoms with Crippen molar-refractivity contribution in [3.63, 3.8) is 0 Å². The van der Waals surface area contributed by atoms with Gasteiger partial charge in [0.05, 0.1) is 0 Å². The van der Waals surface area contributed by atoms with Crippen LogP contribution in [0.25, 0.3) is 0 Å². The number of nitrogens with one attached hydrogen (secondary N) is 1. The summed E-state index contributed by atoms with van der Waals surface area (Å²) in [5.74, 6) is 0. The molecule has 0 radical (unpaired) electrons. The molecule has 0 spiro atoms. The van der Waals surface area contributed by atoms with E-state index >= 15 is 0 Å². The van der Waals surface area contributed by atoms with Gasteiger partial charge in [0.2, 0.25) is 6.41 Å². The maximum atomic E-state index is 9.97. The van der Waals surface area contributed by atoms with E-state index < -0.39 is 0 Å². The molecule has 0 aromatic heterocycles. The molecule has 1 aromatic carbocycles. The van der Waals surface area contributed by atoms with Crippen molar-refractivity contribution in [3.8, 4) is 0 Å².